The maximum atomic E-state index is 12.0. The van der Waals surface area contributed by atoms with Crippen LogP contribution >= 0.6 is 0 Å². The second-order valence-corrected chi connectivity index (χ2v) is 4.95. The monoisotopic (exact) mass is 244 g/mol. The summed E-state index contributed by atoms with van der Waals surface area (Å²) in [5.74, 6) is -0.274. The predicted molar refractivity (Wildman–Crippen MR) is 66.8 cm³/mol. The van der Waals surface area contributed by atoms with E-state index in [9.17, 15) is 9.59 Å². The van der Waals surface area contributed by atoms with Gasteiger partial charge in [-0.15, -0.1) is 0 Å². The lowest BCUT2D eigenvalue weighted by atomic mass is 10.0. The Morgan fingerprint density at radius 1 is 1.17 bits per heavy atom. The summed E-state index contributed by atoms with van der Waals surface area (Å²) in [6, 6.07) is 9.66. The Labute approximate surface area is 106 Å². The lowest BCUT2D eigenvalue weighted by Gasteiger charge is -2.35. The fraction of sp³-hybridized carbons (Fsp3) is 0.429. The Kier molecular flexibility index (Phi) is 2.88. The van der Waals surface area contributed by atoms with Gasteiger partial charge in [-0.3, -0.25) is 19.8 Å². The summed E-state index contributed by atoms with van der Waals surface area (Å²) < 4.78 is 0. The molecule has 0 unspecified atom stereocenters. The molecule has 2 amide bonds. The summed E-state index contributed by atoms with van der Waals surface area (Å²) in [4.78, 5) is 25.8. The van der Waals surface area contributed by atoms with Crippen LogP contribution in [0.2, 0.25) is 0 Å². The van der Waals surface area contributed by atoms with Gasteiger partial charge in [0.2, 0.25) is 11.8 Å². The molecule has 1 aromatic rings. The van der Waals surface area contributed by atoms with Gasteiger partial charge >= 0.3 is 0 Å². The highest BCUT2D eigenvalue weighted by Crippen LogP contribution is 2.25. The van der Waals surface area contributed by atoms with Crippen LogP contribution in [-0.4, -0.2) is 35.3 Å². The summed E-state index contributed by atoms with van der Waals surface area (Å²) in [7, 11) is 0. The van der Waals surface area contributed by atoms with E-state index in [1.54, 1.807) is 0 Å². The van der Waals surface area contributed by atoms with Crippen LogP contribution in [0.1, 0.15) is 18.4 Å². The zero-order valence-electron chi connectivity index (χ0n) is 10.1. The molecule has 2 aliphatic heterocycles. The van der Waals surface area contributed by atoms with Crippen molar-refractivity contribution in [3.05, 3.63) is 35.9 Å². The van der Waals surface area contributed by atoms with Crippen molar-refractivity contribution in [2.75, 3.05) is 6.54 Å². The molecule has 0 radical (unpaired) electrons. The summed E-state index contributed by atoms with van der Waals surface area (Å²) in [6.45, 7) is 0.849. The Bertz CT molecular complexity index is 472. The molecule has 2 heterocycles. The number of imide groups is 1. The minimum absolute atomic E-state index is 0.101. The van der Waals surface area contributed by atoms with E-state index in [0.717, 1.165) is 24.9 Å². The Hall–Kier alpha value is -1.68. The van der Waals surface area contributed by atoms with Gasteiger partial charge in [-0.25, -0.2) is 0 Å². The van der Waals surface area contributed by atoms with Gasteiger partial charge in [0.05, 0.1) is 12.1 Å². The van der Waals surface area contributed by atoms with Crippen molar-refractivity contribution in [2.45, 2.75) is 31.3 Å². The van der Waals surface area contributed by atoms with Gasteiger partial charge in [0, 0.05) is 0 Å². The average Bonchev–Trinajstić information content (AvgIpc) is 2.85. The molecule has 4 nitrogen and oxygen atoms in total. The lowest BCUT2D eigenvalue weighted by molar-refractivity contribution is -0.142. The molecule has 3 rings (SSSR count). The van der Waals surface area contributed by atoms with Crippen LogP contribution in [0.15, 0.2) is 30.3 Å². The number of hydrogen-bond donors (Lipinski definition) is 1. The second-order valence-electron chi connectivity index (χ2n) is 4.95. The van der Waals surface area contributed by atoms with Crippen LogP contribution in [-0.2, 0) is 16.0 Å². The standard InChI is InChI=1S/C14H16N2O2/c17-13-11-7-4-8-16(11)12(14(18)15-13)9-10-5-2-1-3-6-10/h1-3,5-6,11-12H,4,7-9H2,(H,15,17,18)/t11-,12-/m0/s1. The third kappa shape index (κ3) is 1.93. The van der Waals surface area contributed by atoms with E-state index in [1.807, 2.05) is 30.3 Å². The molecule has 2 fully saturated rings. The van der Waals surface area contributed by atoms with Crippen LogP contribution < -0.4 is 5.32 Å². The topological polar surface area (TPSA) is 49.4 Å². The van der Waals surface area contributed by atoms with Gasteiger partial charge in [0.1, 0.15) is 0 Å². The minimum atomic E-state index is -0.197. The molecule has 0 aliphatic carbocycles. The molecule has 18 heavy (non-hydrogen) atoms. The molecular weight excluding hydrogens is 228 g/mol. The van der Waals surface area contributed by atoms with Gasteiger partial charge in [0.25, 0.3) is 0 Å². The fourth-order valence-electron chi connectivity index (χ4n) is 2.93. The SMILES string of the molecule is O=C1NC(=O)[C@H](Cc2ccccc2)N2CCC[C@@H]12. The molecule has 0 saturated carbocycles. The summed E-state index contributed by atoms with van der Waals surface area (Å²) >= 11 is 0. The quantitative estimate of drug-likeness (QED) is 0.780. The molecule has 0 spiro atoms. The third-order valence-electron chi connectivity index (χ3n) is 3.82. The number of carbonyl (C=O) groups is 2. The number of nitrogens with one attached hydrogen (secondary N) is 1. The summed E-state index contributed by atoms with van der Waals surface area (Å²) in [5.41, 5.74) is 1.14. The number of nitrogens with zero attached hydrogens (tertiary/aromatic N) is 1. The van der Waals surface area contributed by atoms with Gasteiger partial charge in [-0.2, -0.15) is 0 Å². The van der Waals surface area contributed by atoms with Gasteiger partial charge < -0.3 is 0 Å². The van der Waals surface area contributed by atoms with Crippen LogP contribution in [0.3, 0.4) is 0 Å². The van der Waals surface area contributed by atoms with Crippen LogP contribution in [0, 0.1) is 0 Å². The summed E-state index contributed by atoms with van der Waals surface area (Å²) in [6.07, 6.45) is 2.54. The molecular formula is C14H16N2O2. The molecule has 94 valence electrons. The van der Waals surface area contributed by atoms with Crippen LogP contribution in [0.5, 0.6) is 0 Å². The van der Waals surface area contributed by atoms with Crippen molar-refractivity contribution in [3.8, 4) is 0 Å². The van der Waals surface area contributed by atoms with E-state index in [4.69, 9.17) is 0 Å². The zero-order chi connectivity index (χ0) is 12.5. The number of fused-ring (bicyclic) bond motifs is 1. The van der Waals surface area contributed by atoms with Gasteiger partial charge in [0.15, 0.2) is 0 Å². The smallest absolute Gasteiger partial charge is 0.244 e. The number of rotatable bonds is 2. The number of amides is 2. The maximum absolute atomic E-state index is 12.0. The van der Waals surface area contributed by atoms with Crippen LogP contribution in [0.25, 0.3) is 0 Å². The van der Waals surface area contributed by atoms with E-state index in [0.29, 0.717) is 6.42 Å². The second kappa shape index (κ2) is 4.53. The first kappa shape index (κ1) is 11.4. The van der Waals surface area contributed by atoms with Crippen molar-refractivity contribution in [1.82, 2.24) is 10.2 Å². The zero-order valence-corrected chi connectivity index (χ0v) is 10.1. The van der Waals surface area contributed by atoms with E-state index in [2.05, 4.69) is 10.2 Å². The van der Waals surface area contributed by atoms with Gasteiger partial charge in [-0.05, 0) is 31.4 Å². The lowest BCUT2D eigenvalue weighted by Crippen LogP contribution is -2.61. The van der Waals surface area contributed by atoms with E-state index in [-0.39, 0.29) is 23.9 Å². The largest absolute Gasteiger partial charge is 0.294 e. The normalized spacial score (nSPS) is 28.0. The van der Waals surface area contributed by atoms with Crippen molar-refractivity contribution < 1.29 is 9.59 Å². The van der Waals surface area contributed by atoms with Crippen LogP contribution in [0.4, 0.5) is 0 Å². The van der Waals surface area contributed by atoms with Crippen molar-refractivity contribution in [2.24, 2.45) is 0 Å². The molecule has 1 aromatic carbocycles. The highest BCUT2D eigenvalue weighted by Gasteiger charge is 2.43. The van der Waals surface area contributed by atoms with Crippen molar-refractivity contribution in [3.63, 3.8) is 0 Å². The Balaban J connectivity index is 1.82. The minimum Gasteiger partial charge on any atom is -0.294 e. The van der Waals surface area contributed by atoms with E-state index < -0.39 is 0 Å². The first-order chi connectivity index (χ1) is 8.75. The van der Waals surface area contributed by atoms with E-state index in [1.165, 1.54) is 0 Å². The fourth-order valence-corrected chi connectivity index (χ4v) is 2.93. The summed E-state index contributed by atoms with van der Waals surface area (Å²) in [5, 5.41) is 2.50. The number of carbonyl (C=O) groups excluding carboxylic acids is 2. The van der Waals surface area contributed by atoms with Gasteiger partial charge in [-0.1, -0.05) is 30.3 Å². The molecule has 0 bridgehead atoms. The first-order valence-corrected chi connectivity index (χ1v) is 6.40. The first-order valence-electron chi connectivity index (χ1n) is 6.40. The van der Waals surface area contributed by atoms with Crippen molar-refractivity contribution in [1.29, 1.82) is 0 Å². The molecule has 2 aliphatic rings. The van der Waals surface area contributed by atoms with E-state index >= 15 is 0 Å². The maximum Gasteiger partial charge on any atom is 0.244 e. The molecule has 2 saturated heterocycles. The molecule has 2 atom stereocenters. The third-order valence-corrected chi connectivity index (χ3v) is 3.82. The predicted octanol–water partition coefficient (Wildman–Crippen LogP) is 0.718. The highest BCUT2D eigenvalue weighted by atomic mass is 16.2. The number of benzene rings is 1. The number of hydrogen-bond acceptors (Lipinski definition) is 3. The molecule has 0 aromatic heterocycles. The highest BCUT2D eigenvalue weighted by molar-refractivity contribution is 6.03. The Morgan fingerprint density at radius 2 is 1.94 bits per heavy atom. The Morgan fingerprint density at radius 3 is 2.72 bits per heavy atom. The van der Waals surface area contributed by atoms with Crippen molar-refractivity contribution >= 4 is 11.8 Å². The average molecular weight is 244 g/mol. The molecule has 1 N–H and O–H groups in total. The molecule has 4 heteroatoms. The number of piperazine rings is 1.